The summed E-state index contributed by atoms with van der Waals surface area (Å²) in [5.74, 6) is -0.337. The molecule has 0 aromatic heterocycles. The number of benzene rings is 1. The minimum absolute atomic E-state index is 0. The van der Waals surface area contributed by atoms with E-state index >= 15 is 0 Å². The van der Waals surface area contributed by atoms with Gasteiger partial charge in [-0.05, 0) is 19.4 Å². The van der Waals surface area contributed by atoms with Crippen LogP contribution in [0.3, 0.4) is 0 Å². The molecule has 1 aromatic carbocycles. The summed E-state index contributed by atoms with van der Waals surface area (Å²) in [4.78, 5) is 11.5. The van der Waals surface area contributed by atoms with Crippen molar-refractivity contribution in [3.05, 3.63) is 16.7 Å². The molecule has 0 bridgehead atoms. The van der Waals surface area contributed by atoms with E-state index in [9.17, 15) is 9.90 Å². The Kier molecular flexibility index (Phi) is 7.37. The van der Waals surface area contributed by atoms with Crippen LogP contribution in [0, 0.1) is 5.92 Å². The first-order chi connectivity index (χ1) is 12.7. The average molecular weight is 525 g/mol. The molecule has 3 rings (SSSR count). The van der Waals surface area contributed by atoms with Gasteiger partial charge < -0.3 is 48.8 Å². The normalized spacial score (nSPS) is 29.1. The molecule has 2 aliphatic heterocycles. The molecule has 1 aromatic rings. The van der Waals surface area contributed by atoms with Gasteiger partial charge in [-0.3, -0.25) is 0 Å². The van der Waals surface area contributed by atoms with Crippen molar-refractivity contribution in [2.45, 2.75) is 45.1 Å². The van der Waals surface area contributed by atoms with Crippen molar-refractivity contribution in [1.82, 2.24) is 0 Å². The van der Waals surface area contributed by atoms with Gasteiger partial charge in [-0.15, -0.1) is 0 Å². The number of quaternary nitrogens is 1. The van der Waals surface area contributed by atoms with Crippen molar-refractivity contribution >= 4 is 23.3 Å². The lowest BCUT2D eigenvalue weighted by Crippen LogP contribution is -3.00. The highest BCUT2D eigenvalue weighted by molar-refractivity contribution is 6.34. The SMILES string of the molecule is CCCC[N+]1(C)CCC(C2(C)COc3c(C(=O)O)cc(Cl)c(N)c3O2)CC1.[I-]. The number of piperidine rings is 1. The van der Waals surface area contributed by atoms with Crippen molar-refractivity contribution in [1.29, 1.82) is 0 Å². The molecule has 28 heavy (non-hydrogen) atoms. The predicted octanol–water partition coefficient (Wildman–Crippen LogP) is 0.811. The Morgan fingerprint density at radius 3 is 2.61 bits per heavy atom. The van der Waals surface area contributed by atoms with E-state index in [1.165, 1.54) is 25.5 Å². The molecular weight excluding hydrogens is 495 g/mol. The number of carbonyl (C=O) groups is 1. The molecule has 8 heteroatoms. The number of unbranched alkanes of at least 4 members (excludes halogenated alkanes) is 1. The number of rotatable bonds is 5. The number of nitrogen functional groups attached to an aromatic ring is 1. The van der Waals surface area contributed by atoms with Gasteiger partial charge in [-0.2, -0.15) is 0 Å². The summed E-state index contributed by atoms with van der Waals surface area (Å²) in [5.41, 5.74) is 5.77. The number of halogens is 2. The Labute approximate surface area is 188 Å². The summed E-state index contributed by atoms with van der Waals surface area (Å²) in [6.45, 7) is 8.01. The first-order valence-electron chi connectivity index (χ1n) is 9.70. The van der Waals surface area contributed by atoms with Crippen molar-refractivity contribution in [3.8, 4) is 11.5 Å². The number of nitrogens with zero attached hydrogens (tertiary/aromatic N) is 1. The number of hydrogen-bond acceptors (Lipinski definition) is 4. The Morgan fingerprint density at radius 2 is 2.04 bits per heavy atom. The highest BCUT2D eigenvalue weighted by Crippen LogP contribution is 2.48. The zero-order valence-electron chi connectivity index (χ0n) is 16.8. The number of aromatic carboxylic acids is 1. The van der Waals surface area contributed by atoms with Crippen LogP contribution in [0.25, 0.3) is 0 Å². The van der Waals surface area contributed by atoms with Crippen molar-refractivity contribution in [3.63, 3.8) is 0 Å². The van der Waals surface area contributed by atoms with Crippen LogP contribution in [0.15, 0.2) is 6.07 Å². The molecule has 1 unspecified atom stereocenters. The molecule has 0 amide bonds. The summed E-state index contributed by atoms with van der Waals surface area (Å²) in [5, 5.41) is 9.60. The van der Waals surface area contributed by atoms with Crippen LogP contribution in [0.5, 0.6) is 11.5 Å². The third-order valence-electron chi connectivity index (χ3n) is 6.24. The fourth-order valence-corrected chi connectivity index (χ4v) is 4.47. The van der Waals surface area contributed by atoms with E-state index in [1.54, 1.807) is 0 Å². The Morgan fingerprint density at radius 1 is 1.39 bits per heavy atom. The maximum absolute atomic E-state index is 11.5. The van der Waals surface area contributed by atoms with Crippen molar-refractivity contribution in [2.24, 2.45) is 5.92 Å². The zero-order chi connectivity index (χ0) is 19.8. The van der Waals surface area contributed by atoms with E-state index in [4.69, 9.17) is 26.8 Å². The smallest absolute Gasteiger partial charge is 0.339 e. The molecule has 2 heterocycles. The van der Waals surface area contributed by atoms with E-state index in [2.05, 4.69) is 14.0 Å². The summed E-state index contributed by atoms with van der Waals surface area (Å²) >= 11 is 6.13. The van der Waals surface area contributed by atoms with Gasteiger partial charge in [0.1, 0.15) is 17.8 Å². The van der Waals surface area contributed by atoms with Gasteiger partial charge in [0.2, 0.25) is 0 Å². The monoisotopic (exact) mass is 524 g/mol. The maximum Gasteiger partial charge on any atom is 0.339 e. The summed E-state index contributed by atoms with van der Waals surface area (Å²) in [7, 11) is 2.33. The molecule has 0 aliphatic carbocycles. The predicted molar refractivity (Wildman–Crippen MR) is 106 cm³/mol. The van der Waals surface area contributed by atoms with Gasteiger partial charge in [-0.25, -0.2) is 4.79 Å². The number of carboxylic acid groups (broad SMARTS) is 1. The number of nitrogens with two attached hydrogens (primary N) is 1. The number of likely N-dealkylation sites (tertiary alicyclic amines) is 1. The average Bonchev–Trinajstić information content (AvgIpc) is 2.63. The zero-order valence-corrected chi connectivity index (χ0v) is 19.7. The first-order valence-corrected chi connectivity index (χ1v) is 10.1. The maximum atomic E-state index is 11.5. The Bertz CT molecular complexity index is 737. The fraction of sp³-hybridized carbons (Fsp3) is 0.650. The van der Waals surface area contributed by atoms with Crippen LogP contribution < -0.4 is 39.2 Å². The van der Waals surface area contributed by atoms with Crippen LogP contribution in [0.4, 0.5) is 5.69 Å². The molecule has 158 valence electrons. The molecule has 1 saturated heterocycles. The Hall–Kier alpha value is -0.930. The highest BCUT2D eigenvalue weighted by atomic mass is 127. The van der Waals surface area contributed by atoms with Gasteiger partial charge >= 0.3 is 5.97 Å². The second-order valence-electron chi connectivity index (χ2n) is 8.40. The number of carboxylic acids is 1. The van der Waals surface area contributed by atoms with E-state index in [0.717, 1.165) is 30.4 Å². The molecule has 1 fully saturated rings. The molecule has 2 aliphatic rings. The molecule has 1 atom stereocenters. The topological polar surface area (TPSA) is 81.8 Å². The molecule has 0 radical (unpaired) electrons. The largest absolute Gasteiger partial charge is 1.00 e. The van der Waals surface area contributed by atoms with E-state index in [-0.39, 0.29) is 51.7 Å². The van der Waals surface area contributed by atoms with Crippen LogP contribution in [-0.2, 0) is 0 Å². The minimum Gasteiger partial charge on any atom is -1.00 e. The quantitative estimate of drug-likeness (QED) is 0.339. The highest BCUT2D eigenvalue weighted by Gasteiger charge is 2.46. The summed E-state index contributed by atoms with van der Waals surface area (Å²) in [6, 6.07) is 1.32. The first kappa shape index (κ1) is 23.3. The fourth-order valence-electron chi connectivity index (χ4n) is 4.27. The molecule has 0 spiro atoms. The van der Waals surface area contributed by atoms with Crippen LogP contribution >= 0.6 is 11.6 Å². The van der Waals surface area contributed by atoms with Crippen molar-refractivity contribution in [2.75, 3.05) is 39.0 Å². The van der Waals surface area contributed by atoms with Crippen LogP contribution in [0.2, 0.25) is 5.02 Å². The lowest BCUT2D eigenvalue weighted by atomic mass is 9.80. The number of ether oxygens (including phenoxy) is 2. The van der Waals surface area contributed by atoms with Gasteiger partial charge in [0, 0.05) is 18.8 Å². The summed E-state index contributed by atoms with van der Waals surface area (Å²) in [6.07, 6.45) is 4.55. The van der Waals surface area contributed by atoms with Crippen LogP contribution in [0.1, 0.15) is 49.9 Å². The third kappa shape index (κ3) is 4.46. The standard InChI is InChI=1S/C20H29ClN2O4.HI/c1-4-5-8-23(3)9-6-13(7-10-23)20(2)12-26-17-14(19(24)25)11-15(21)16(22)18(17)27-20;/h11,13H,4-10,12,22H2,1-3H3;1H. The lowest BCUT2D eigenvalue weighted by Gasteiger charge is -2.47. The van der Waals surface area contributed by atoms with Gasteiger partial charge in [0.25, 0.3) is 0 Å². The second kappa shape index (κ2) is 8.83. The Balaban J connectivity index is 0.00000280. The van der Waals surface area contributed by atoms with Crippen molar-refractivity contribution < 1.29 is 47.8 Å². The summed E-state index contributed by atoms with van der Waals surface area (Å²) < 4.78 is 13.3. The molecule has 6 nitrogen and oxygen atoms in total. The number of anilines is 1. The van der Waals surface area contributed by atoms with E-state index in [1.807, 2.05) is 6.92 Å². The number of hydrogen-bond donors (Lipinski definition) is 2. The van der Waals surface area contributed by atoms with Gasteiger partial charge in [-0.1, -0.05) is 24.9 Å². The van der Waals surface area contributed by atoms with Gasteiger partial charge in [0.05, 0.1) is 37.4 Å². The second-order valence-corrected chi connectivity index (χ2v) is 8.81. The van der Waals surface area contributed by atoms with Crippen LogP contribution in [-0.4, -0.2) is 54.4 Å². The number of fused-ring (bicyclic) bond motifs is 1. The molecular formula is C20H30ClIN2O4. The molecule has 0 saturated carbocycles. The lowest BCUT2D eigenvalue weighted by molar-refractivity contribution is -0.915. The van der Waals surface area contributed by atoms with Gasteiger partial charge in [0.15, 0.2) is 11.5 Å². The van der Waals surface area contributed by atoms with E-state index in [0.29, 0.717) is 12.5 Å². The van der Waals surface area contributed by atoms with E-state index < -0.39 is 11.6 Å². The third-order valence-corrected chi connectivity index (χ3v) is 6.56. The minimum atomic E-state index is -1.11. The molecule has 3 N–H and O–H groups in total.